The average Bonchev–Trinajstić information content (AvgIpc) is 2.79. The van der Waals surface area contributed by atoms with Gasteiger partial charge in [-0.3, -0.25) is 24.0 Å². The monoisotopic (exact) mass is 546 g/mol. The minimum absolute atomic E-state index is 0.174. The summed E-state index contributed by atoms with van der Waals surface area (Å²) in [4.78, 5) is 59.2. The van der Waals surface area contributed by atoms with Gasteiger partial charge in [-0.2, -0.15) is 0 Å². The Bertz CT molecular complexity index is 871. The van der Waals surface area contributed by atoms with Gasteiger partial charge in [0.15, 0.2) is 24.6 Å². The lowest BCUT2D eigenvalue weighted by Gasteiger charge is -2.48. The lowest BCUT2D eigenvalue weighted by Crippen LogP contribution is -2.64. The van der Waals surface area contributed by atoms with Gasteiger partial charge in [0.25, 0.3) is 0 Å². The van der Waals surface area contributed by atoms with Crippen LogP contribution in [-0.4, -0.2) is 91.6 Å². The molecule has 0 aromatic carbocycles. The molecule has 2 saturated heterocycles. The minimum Gasteiger partial charge on any atom is -0.463 e. The zero-order chi connectivity index (χ0) is 28.7. The summed E-state index contributed by atoms with van der Waals surface area (Å²) >= 11 is 0. The van der Waals surface area contributed by atoms with Gasteiger partial charge in [0, 0.05) is 40.5 Å². The van der Waals surface area contributed by atoms with E-state index in [-0.39, 0.29) is 6.61 Å². The summed E-state index contributed by atoms with van der Waals surface area (Å²) in [5, 5.41) is 0. The summed E-state index contributed by atoms with van der Waals surface area (Å²) < 4.78 is 45.4. The summed E-state index contributed by atoms with van der Waals surface area (Å²) in [6.45, 7) is 11.1. The van der Waals surface area contributed by atoms with Crippen LogP contribution in [0.5, 0.6) is 0 Å². The van der Waals surface area contributed by atoms with Crippen molar-refractivity contribution in [3.05, 3.63) is 0 Å². The smallest absolute Gasteiger partial charge is 0.303 e. The van der Waals surface area contributed by atoms with Gasteiger partial charge >= 0.3 is 29.8 Å². The summed E-state index contributed by atoms with van der Waals surface area (Å²) in [6, 6.07) is 0. The number of hydrogen-bond donors (Lipinski definition) is 0. The van der Waals surface area contributed by atoms with E-state index in [1.807, 2.05) is 0 Å². The van der Waals surface area contributed by atoms with E-state index in [4.69, 9.17) is 37.9 Å². The van der Waals surface area contributed by atoms with Crippen molar-refractivity contribution in [1.82, 2.24) is 0 Å². The number of ether oxygens (including phenoxy) is 8. The summed E-state index contributed by atoms with van der Waals surface area (Å²) in [5.74, 6) is -3.63. The quantitative estimate of drug-likeness (QED) is 0.300. The molecule has 2 aliphatic rings. The Morgan fingerprint density at radius 1 is 0.605 bits per heavy atom. The number of carbonyl (C=O) groups excluding carboxylic acids is 5. The molecule has 13 nitrogen and oxygen atoms in total. The van der Waals surface area contributed by atoms with E-state index in [0.717, 1.165) is 6.92 Å². The second-order valence-electron chi connectivity index (χ2n) is 9.39. The molecule has 0 aromatic rings. The molecule has 10 unspecified atom stereocenters. The molecule has 0 saturated carbocycles. The molecule has 0 aromatic heterocycles. The van der Waals surface area contributed by atoms with Crippen molar-refractivity contribution in [2.45, 2.75) is 117 Å². The van der Waals surface area contributed by atoms with Gasteiger partial charge in [0.2, 0.25) is 0 Å². The van der Waals surface area contributed by atoms with Crippen LogP contribution in [0.15, 0.2) is 0 Å². The Morgan fingerprint density at radius 2 is 1.11 bits per heavy atom. The molecule has 216 valence electrons. The van der Waals surface area contributed by atoms with E-state index in [0.29, 0.717) is 6.42 Å². The maximum atomic E-state index is 12.1. The van der Waals surface area contributed by atoms with E-state index < -0.39 is 90.9 Å². The van der Waals surface area contributed by atoms with E-state index >= 15 is 0 Å². The van der Waals surface area contributed by atoms with E-state index in [1.54, 1.807) is 20.8 Å². The first-order valence-corrected chi connectivity index (χ1v) is 12.5. The van der Waals surface area contributed by atoms with Crippen LogP contribution in [0.25, 0.3) is 0 Å². The zero-order valence-corrected chi connectivity index (χ0v) is 23.0. The molecule has 0 amide bonds. The first kappa shape index (κ1) is 31.4. The van der Waals surface area contributed by atoms with Gasteiger partial charge in [-0.15, -0.1) is 0 Å². The van der Waals surface area contributed by atoms with Crippen LogP contribution in [0.1, 0.15) is 61.8 Å². The highest BCUT2D eigenvalue weighted by Crippen LogP contribution is 2.36. The van der Waals surface area contributed by atoms with Crippen molar-refractivity contribution in [3.8, 4) is 0 Å². The topological polar surface area (TPSA) is 159 Å². The van der Waals surface area contributed by atoms with Gasteiger partial charge in [0.1, 0.15) is 24.9 Å². The van der Waals surface area contributed by atoms with Crippen LogP contribution in [-0.2, 0) is 61.9 Å². The van der Waals surface area contributed by atoms with Crippen molar-refractivity contribution < 1.29 is 61.9 Å². The van der Waals surface area contributed by atoms with Crippen LogP contribution in [0.4, 0.5) is 0 Å². The Morgan fingerprint density at radius 3 is 1.61 bits per heavy atom. The molecule has 38 heavy (non-hydrogen) atoms. The van der Waals surface area contributed by atoms with Gasteiger partial charge in [-0.05, 0) is 13.3 Å². The molecule has 13 heteroatoms. The van der Waals surface area contributed by atoms with Crippen molar-refractivity contribution in [1.29, 1.82) is 0 Å². The van der Waals surface area contributed by atoms with Gasteiger partial charge in [0.05, 0.1) is 12.2 Å². The van der Waals surface area contributed by atoms with Crippen LogP contribution in [0.2, 0.25) is 0 Å². The van der Waals surface area contributed by atoms with E-state index in [1.165, 1.54) is 27.7 Å². The molecule has 0 spiro atoms. The van der Waals surface area contributed by atoms with Crippen LogP contribution >= 0.6 is 0 Å². The number of esters is 5. The van der Waals surface area contributed by atoms with Gasteiger partial charge < -0.3 is 37.9 Å². The SMILES string of the molecule is CCC1OC(OC2C(COC(C)=O)OC(C)C(OC(C)=O)C2C)C(OC(C)=O)C(OC(C)=O)C1OC(C)=O. The van der Waals surface area contributed by atoms with Crippen LogP contribution in [0, 0.1) is 5.92 Å². The van der Waals surface area contributed by atoms with E-state index in [9.17, 15) is 24.0 Å². The average molecular weight is 547 g/mol. The second kappa shape index (κ2) is 13.9. The molecule has 0 aliphatic carbocycles. The first-order chi connectivity index (χ1) is 17.7. The molecular formula is C25H38O13. The molecule has 2 heterocycles. The maximum Gasteiger partial charge on any atom is 0.303 e. The number of rotatable bonds is 9. The predicted octanol–water partition coefficient (Wildman–Crippen LogP) is 1.22. The molecular weight excluding hydrogens is 508 g/mol. The van der Waals surface area contributed by atoms with Gasteiger partial charge in [-0.1, -0.05) is 13.8 Å². The molecule has 0 radical (unpaired) electrons. The second-order valence-corrected chi connectivity index (χ2v) is 9.39. The standard InChI is InChI=1S/C25H38O13/c1-9-18-22(34-15(6)28)23(35-16(7)29)24(36-17(8)30)25(37-18)38-21-11(2)20(33-14(5)27)12(3)32-19(21)10-31-13(4)26/h11-12,18-25H,9-10H2,1-8H3. The minimum atomic E-state index is -1.34. The first-order valence-electron chi connectivity index (χ1n) is 12.5. The molecule has 2 rings (SSSR count). The van der Waals surface area contributed by atoms with E-state index in [2.05, 4.69) is 0 Å². The third-order valence-electron chi connectivity index (χ3n) is 6.20. The predicted molar refractivity (Wildman–Crippen MR) is 126 cm³/mol. The molecule has 2 fully saturated rings. The fourth-order valence-corrected chi connectivity index (χ4v) is 4.77. The highest BCUT2D eigenvalue weighted by Gasteiger charge is 2.54. The fraction of sp³-hybridized carbons (Fsp3) is 0.800. The van der Waals surface area contributed by atoms with Crippen molar-refractivity contribution in [2.24, 2.45) is 5.92 Å². The lowest BCUT2D eigenvalue weighted by molar-refractivity contribution is -0.336. The van der Waals surface area contributed by atoms with Crippen LogP contribution < -0.4 is 0 Å². The molecule has 0 N–H and O–H groups in total. The summed E-state index contributed by atoms with van der Waals surface area (Å²) in [5.41, 5.74) is 0. The lowest BCUT2D eigenvalue weighted by atomic mass is 9.87. The Kier molecular flexibility index (Phi) is 11.5. The molecule has 0 bridgehead atoms. The fourth-order valence-electron chi connectivity index (χ4n) is 4.77. The zero-order valence-electron chi connectivity index (χ0n) is 23.0. The number of hydrogen-bond acceptors (Lipinski definition) is 13. The summed E-state index contributed by atoms with van der Waals surface area (Å²) in [6.07, 6.45) is -8.44. The highest BCUT2D eigenvalue weighted by molar-refractivity contribution is 5.68. The van der Waals surface area contributed by atoms with Crippen molar-refractivity contribution in [2.75, 3.05) is 6.61 Å². The van der Waals surface area contributed by atoms with Crippen LogP contribution in [0.3, 0.4) is 0 Å². The Balaban J connectivity index is 2.48. The van der Waals surface area contributed by atoms with Crippen molar-refractivity contribution >= 4 is 29.8 Å². The molecule has 10 atom stereocenters. The van der Waals surface area contributed by atoms with Crippen molar-refractivity contribution in [3.63, 3.8) is 0 Å². The maximum absolute atomic E-state index is 12.1. The molecule has 2 aliphatic heterocycles. The third-order valence-corrected chi connectivity index (χ3v) is 6.20. The highest BCUT2D eigenvalue weighted by atomic mass is 16.7. The normalized spacial score (nSPS) is 34.9. The van der Waals surface area contributed by atoms with Gasteiger partial charge in [-0.25, -0.2) is 0 Å². The Labute approximate surface area is 221 Å². The Hall–Kier alpha value is -2.77. The summed E-state index contributed by atoms with van der Waals surface area (Å²) in [7, 11) is 0. The third kappa shape index (κ3) is 8.37. The number of carbonyl (C=O) groups is 5. The largest absolute Gasteiger partial charge is 0.463 e.